The van der Waals surface area contributed by atoms with Crippen LogP contribution < -0.4 is 5.32 Å². The van der Waals surface area contributed by atoms with Gasteiger partial charge in [0.2, 0.25) is 0 Å². The van der Waals surface area contributed by atoms with Gasteiger partial charge in [0.15, 0.2) is 0 Å². The lowest BCUT2D eigenvalue weighted by atomic mass is 9.78. The fraction of sp³-hybridized carbons (Fsp3) is 1.00. The monoisotopic (exact) mass is 141 g/mol. The molecule has 0 heterocycles. The van der Waals surface area contributed by atoms with Gasteiger partial charge in [0.05, 0.1) is 0 Å². The summed E-state index contributed by atoms with van der Waals surface area (Å²) in [7, 11) is 2.08. The molecule has 10 heavy (non-hydrogen) atoms. The first-order valence-corrected chi connectivity index (χ1v) is 4.43. The van der Waals surface area contributed by atoms with Gasteiger partial charge in [-0.25, -0.2) is 0 Å². The number of hydrogen-bond acceptors (Lipinski definition) is 1. The van der Waals surface area contributed by atoms with Gasteiger partial charge in [-0.3, -0.25) is 0 Å². The van der Waals surface area contributed by atoms with Crippen molar-refractivity contribution in [2.45, 2.75) is 39.2 Å². The maximum absolute atomic E-state index is 3.38. The first-order chi connectivity index (χ1) is 4.75. The normalized spacial score (nSPS) is 41.7. The Bertz CT molecular complexity index is 101. The Morgan fingerprint density at radius 3 is 2.40 bits per heavy atom. The van der Waals surface area contributed by atoms with Crippen LogP contribution in [-0.4, -0.2) is 13.1 Å². The van der Waals surface area contributed by atoms with Crippen molar-refractivity contribution in [1.82, 2.24) is 5.32 Å². The molecule has 1 aliphatic carbocycles. The molecule has 60 valence electrons. The first-order valence-electron chi connectivity index (χ1n) is 4.43. The van der Waals surface area contributed by atoms with E-state index >= 15 is 0 Å². The van der Waals surface area contributed by atoms with Gasteiger partial charge < -0.3 is 5.32 Å². The molecule has 0 aromatic heterocycles. The smallest absolute Gasteiger partial charge is 0.00922 e. The minimum absolute atomic E-state index is 0.781. The van der Waals surface area contributed by atoms with Crippen LogP contribution in [0.4, 0.5) is 0 Å². The summed E-state index contributed by atoms with van der Waals surface area (Å²) >= 11 is 0. The maximum atomic E-state index is 3.38. The van der Waals surface area contributed by atoms with E-state index in [1.165, 1.54) is 19.3 Å². The van der Waals surface area contributed by atoms with Gasteiger partial charge in [-0.2, -0.15) is 0 Å². The predicted molar refractivity (Wildman–Crippen MR) is 45.0 cm³/mol. The van der Waals surface area contributed by atoms with Crippen LogP contribution in [-0.2, 0) is 0 Å². The van der Waals surface area contributed by atoms with Crippen LogP contribution in [0.15, 0.2) is 0 Å². The average molecular weight is 141 g/mol. The Balaban J connectivity index is 2.42. The van der Waals surface area contributed by atoms with Gasteiger partial charge in [-0.15, -0.1) is 0 Å². The van der Waals surface area contributed by atoms with E-state index in [4.69, 9.17) is 0 Å². The van der Waals surface area contributed by atoms with Crippen LogP contribution in [0, 0.1) is 11.8 Å². The molecule has 1 saturated carbocycles. The van der Waals surface area contributed by atoms with Crippen LogP contribution in [0.2, 0.25) is 0 Å². The molecular formula is C9H19N. The summed E-state index contributed by atoms with van der Waals surface area (Å²) in [6.45, 7) is 4.74. The Kier molecular flexibility index (Phi) is 2.72. The Labute approximate surface area is 64.2 Å². The lowest BCUT2D eigenvalue weighted by Gasteiger charge is -2.33. The van der Waals surface area contributed by atoms with Crippen molar-refractivity contribution in [3.8, 4) is 0 Å². The Morgan fingerprint density at radius 2 is 1.90 bits per heavy atom. The van der Waals surface area contributed by atoms with Gasteiger partial charge in [0.1, 0.15) is 0 Å². The van der Waals surface area contributed by atoms with E-state index in [0.717, 1.165) is 17.9 Å². The Hall–Kier alpha value is -0.0400. The molecule has 1 rings (SSSR count). The van der Waals surface area contributed by atoms with E-state index in [2.05, 4.69) is 26.2 Å². The highest BCUT2D eigenvalue weighted by atomic mass is 14.9. The van der Waals surface area contributed by atoms with Crippen molar-refractivity contribution in [1.29, 1.82) is 0 Å². The van der Waals surface area contributed by atoms with Gasteiger partial charge >= 0.3 is 0 Å². The molecule has 0 spiro atoms. The summed E-state index contributed by atoms with van der Waals surface area (Å²) in [5, 5.41) is 3.38. The van der Waals surface area contributed by atoms with E-state index in [-0.39, 0.29) is 0 Å². The van der Waals surface area contributed by atoms with Crippen molar-refractivity contribution >= 4 is 0 Å². The largest absolute Gasteiger partial charge is 0.317 e. The van der Waals surface area contributed by atoms with Crippen LogP contribution in [0.5, 0.6) is 0 Å². The van der Waals surface area contributed by atoms with Gasteiger partial charge in [-0.1, -0.05) is 26.7 Å². The summed E-state index contributed by atoms with van der Waals surface area (Å²) in [6, 6.07) is 0.781. The lowest BCUT2D eigenvalue weighted by Crippen LogP contribution is -2.38. The number of rotatable bonds is 1. The molecule has 0 bridgehead atoms. The molecule has 1 fully saturated rings. The third kappa shape index (κ3) is 1.51. The first kappa shape index (κ1) is 8.06. The second kappa shape index (κ2) is 3.38. The zero-order valence-corrected chi connectivity index (χ0v) is 7.35. The molecule has 3 atom stereocenters. The summed E-state index contributed by atoms with van der Waals surface area (Å²) in [4.78, 5) is 0. The van der Waals surface area contributed by atoms with Crippen molar-refractivity contribution < 1.29 is 0 Å². The second-order valence-corrected chi connectivity index (χ2v) is 3.66. The molecule has 0 aliphatic heterocycles. The molecule has 0 aromatic carbocycles. The van der Waals surface area contributed by atoms with Gasteiger partial charge in [0.25, 0.3) is 0 Å². The van der Waals surface area contributed by atoms with Crippen molar-refractivity contribution in [2.24, 2.45) is 11.8 Å². The molecule has 1 N–H and O–H groups in total. The zero-order chi connectivity index (χ0) is 7.56. The summed E-state index contributed by atoms with van der Waals surface area (Å²) in [5.74, 6) is 1.80. The average Bonchev–Trinajstić information content (AvgIpc) is 1.95. The molecule has 1 aliphatic rings. The molecule has 0 aromatic rings. The predicted octanol–water partition coefficient (Wildman–Crippen LogP) is 2.03. The molecule has 0 amide bonds. The summed E-state index contributed by atoms with van der Waals surface area (Å²) < 4.78 is 0. The molecule has 0 unspecified atom stereocenters. The Morgan fingerprint density at radius 1 is 1.20 bits per heavy atom. The molecule has 1 nitrogen and oxygen atoms in total. The highest BCUT2D eigenvalue weighted by Gasteiger charge is 2.25. The van der Waals surface area contributed by atoms with Crippen LogP contribution in [0.3, 0.4) is 0 Å². The second-order valence-electron chi connectivity index (χ2n) is 3.66. The van der Waals surface area contributed by atoms with Gasteiger partial charge in [0, 0.05) is 6.04 Å². The molecule has 1 heteroatoms. The van der Waals surface area contributed by atoms with Crippen molar-refractivity contribution in [3.63, 3.8) is 0 Å². The van der Waals surface area contributed by atoms with E-state index in [9.17, 15) is 0 Å². The molecule has 0 saturated heterocycles. The topological polar surface area (TPSA) is 12.0 Å². The van der Waals surface area contributed by atoms with Crippen LogP contribution in [0.25, 0.3) is 0 Å². The third-order valence-electron chi connectivity index (χ3n) is 3.08. The molecule has 0 radical (unpaired) electrons. The fourth-order valence-corrected chi connectivity index (χ4v) is 1.99. The third-order valence-corrected chi connectivity index (χ3v) is 3.08. The zero-order valence-electron chi connectivity index (χ0n) is 7.35. The van der Waals surface area contributed by atoms with E-state index < -0.39 is 0 Å². The summed E-state index contributed by atoms with van der Waals surface area (Å²) in [6.07, 6.45) is 4.22. The maximum Gasteiger partial charge on any atom is 0.00922 e. The minimum Gasteiger partial charge on any atom is -0.317 e. The minimum atomic E-state index is 0.781. The highest BCUT2D eigenvalue weighted by molar-refractivity contribution is 4.80. The lowest BCUT2D eigenvalue weighted by molar-refractivity contribution is 0.215. The van der Waals surface area contributed by atoms with Crippen molar-refractivity contribution in [3.05, 3.63) is 0 Å². The number of nitrogens with one attached hydrogen (secondary N) is 1. The van der Waals surface area contributed by atoms with Crippen LogP contribution >= 0.6 is 0 Å². The van der Waals surface area contributed by atoms with Gasteiger partial charge in [-0.05, 0) is 25.3 Å². The van der Waals surface area contributed by atoms with E-state index in [1.807, 2.05) is 0 Å². The van der Waals surface area contributed by atoms with Crippen LogP contribution in [0.1, 0.15) is 33.1 Å². The molecular weight excluding hydrogens is 122 g/mol. The van der Waals surface area contributed by atoms with E-state index in [1.54, 1.807) is 0 Å². The standard InChI is InChI=1S/C9H19N/c1-7-5-4-6-9(10-3)8(7)2/h7-10H,4-6H2,1-3H3/t7-,8-,9+/m1/s1. The van der Waals surface area contributed by atoms with E-state index in [0.29, 0.717) is 0 Å². The fourth-order valence-electron chi connectivity index (χ4n) is 1.99. The number of hydrogen-bond donors (Lipinski definition) is 1. The SMILES string of the molecule is CN[C@H]1CCC[C@@H](C)[C@H]1C. The quantitative estimate of drug-likeness (QED) is 0.589. The van der Waals surface area contributed by atoms with Crippen molar-refractivity contribution in [2.75, 3.05) is 7.05 Å². The highest BCUT2D eigenvalue weighted by Crippen LogP contribution is 2.28. The summed E-state index contributed by atoms with van der Waals surface area (Å²) in [5.41, 5.74) is 0.